The van der Waals surface area contributed by atoms with Gasteiger partial charge in [0.25, 0.3) is 0 Å². The van der Waals surface area contributed by atoms with Gasteiger partial charge in [0, 0.05) is 19.1 Å². The van der Waals surface area contributed by atoms with E-state index >= 15 is 0 Å². The minimum absolute atomic E-state index is 0. The quantitative estimate of drug-likeness (QED) is 0.902. The fraction of sp³-hybridized carbons (Fsp3) is 0.538. The van der Waals surface area contributed by atoms with E-state index in [0.717, 1.165) is 31.6 Å². The van der Waals surface area contributed by atoms with Crippen LogP contribution in [0.5, 0.6) is 0 Å². The van der Waals surface area contributed by atoms with Gasteiger partial charge in [0.1, 0.15) is 5.82 Å². The van der Waals surface area contributed by atoms with E-state index in [1.807, 2.05) is 6.07 Å². The molecule has 1 aliphatic heterocycles. The Kier molecular flexibility index (Phi) is 5.37. The van der Waals surface area contributed by atoms with Crippen molar-refractivity contribution in [3.63, 3.8) is 0 Å². The SMILES string of the molecule is CC1CC(CN)CN1Cc1cccc(F)c1.Cl. The van der Waals surface area contributed by atoms with Crippen LogP contribution in [0.15, 0.2) is 24.3 Å². The summed E-state index contributed by atoms with van der Waals surface area (Å²) in [6.07, 6.45) is 1.16. The third kappa shape index (κ3) is 3.66. The van der Waals surface area contributed by atoms with E-state index in [1.54, 1.807) is 12.1 Å². The lowest BCUT2D eigenvalue weighted by Gasteiger charge is -2.21. The van der Waals surface area contributed by atoms with Crippen LogP contribution in [0.1, 0.15) is 18.9 Å². The lowest BCUT2D eigenvalue weighted by molar-refractivity contribution is 0.255. The number of hydrogen-bond acceptors (Lipinski definition) is 2. The van der Waals surface area contributed by atoms with Crippen molar-refractivity contribution in [1.29, 1.82) is 0 Å². The Bertz CT molecular complexity index is 359. The zero-order valence-corrected chi connectivity index (χ0v) is 10.9. The van der Waals surface area contributed by atoms with Crippen molar-refractivity contribution in [3.8, 4) is 0 Å². The molecule has 1 aliphatic rings. The van der Waals surface area contributed by atoms with Gasteiger partial charge < -0.3 is 5.73 Å². The van der Waals surface area contributed by atoms with Crippen molar-refractivity contribution in [3.05, 3.63) is 35.6 Å². The molecule has 17 heavy (non-hydrogen) atoms. The van der Waals surface area contributed by atoms with Crippen molar-refractivity contribution < 1.29 is 4.39 Å². The van der Waals surface area contributed by atoms with Gasteiger partial charge >= 0.3 is 0 Å². The van der Waals surface area contributed by atoms with Crippen LogP contribution in [-0.4, -0.2) is 24.0 Å². The predicted octanol–water partition coefficient (Wildman–Crippen LogP) is 2.42. The molecule has 2 nitrogen and oxygen atoms in total. The van der Waals surface area contributed by atoms with Gasteiger partial charge in [-0.05, 0) is 43.5 Å². The molecule has 0 spiro atoms. The second kappa shape index (κ2) is 6.34. The topological polar surface area (TPSA) is 29.3 Å². The summed E-state index contributed by atoms with van der Waals surface area (Å²) in [7, 11) is 0. The molecule has 0 aromatic heterocycles. The minimum Gasteiger partial charge on any atom is -0.330 e. The second-order valence-electron chi connectivity index (χ2n) is 4.75. The van der Waals surface area contributed by atoms with Crippen LogP contribution in [0, 0.1) is 11.7 Å². The number of rotatable bonds is 3. The number of nitrogens with zero attached hydrogens (tertiary/aromatic N) is 1. The van der Waals surface area contributed by atoms with Gasteiger partial charge in [-0.15, -0.1) is 12.4 Å². The van der Waals surface area contributed by atoms with Gasteiger partial charge in [-0.2, -0.15) is 0 Å². The van der Waals surface area contributed by atoms with Gasteiger partial charge in [-0.25, -0.2) is 4.39 Å². The van der Waals surface area contributed by atoms with Crippen LogP contribution in [0.2, 0.25) is 0 Å². The molecule has 1 aromatic rings. The molecule has 0 bridgehead atoms. The molecule has 2 N–H and O–H groups in total. The maximum absolute atomic E-state index is 13.0. The van der Waals surface area contributed by atoms with Crippen LogP contribution in [0.4, 0.5) is 4.39 Å². The molecule has 0 radical (unpaired) electrons. The highest BCUT2D eigenvalue weighted by atomic mass is 35.5. The Morgan fingerprint density at radius 1 is 1.47 bits per heavy atom. The highest BCUT2D eigenvalue weighted by Gasteiger charge is 2.27. The van der Waals surface area contributed by atoms with Gasteiger partial charge in [-0.1, -0.05) is 12.1 Å². The standard InChI is InChI=1S/C13H19FN2.ClH/c1-10-5-12(7-15)9-16(10)8-11-3-2-4-13(14)6-11;/h2-4,6,10,12H,5,7-9,15H2,1H3;1H. The smallest absolute Gasteiger partial charge is 0.123 e. The molecule has 1 fully saturated rings. The average molecular weight is 259 g/mol. The highest BCUT2D eigenvalue weighted by molar-refractivity contribution is 5.85. The monoisotopic (exact) mass is 258 g/mol. The summed E-state index contributed by atoms with van der Waals surface area (Å²) >= 11 is 0. The molecular weight excluding hydrogens is 239 g/mol. The van der Waals surface area contributed by atoms with E-state index < -0.39 is 0 Å². The third-order valence-corrected chi connectivity index (χ3v) is 3.40. The van der Waals surface area contributed by atoms with Crippen molar-refractivity contribution in [1.82, 2.24) is 4.90 Å². The normalized spacial score (nSPS) is 24.6. The summed E-state index contributed by atoms with van der Waals surface area (Å²) in [5.41, 5.74) is 6.73. The molecule has 1 saturated heterocycles. The maximum atomic E-state index is 13.0. The Morgan fingerprint density at radius 2 is 2.24 bits per heavy atom. The Hall–Kier alpha value is -0.640. The summed E-state index contributed by atoms with van der Waals surface area (Å²) < 4.78 is 13.0. The van der Waals surface area contributed by atoms with Crippen molar-refractivity contribution in [2.24, 2.45) is 11.7 Å². The van der Waals surface area contributed by atoms with E-state index in [-0.39, 0.29) is 18.2 Å². The molecule has 2 atom stereocenters. The Labute approximate surface area is 108 Å². The van der Waals surface area contributed by atoms with E-state index in [0.29, 0.717) is 12.0 Å². The van der Waals surface area contributed by atoms with Gasteiger partial charge in [-0.3, -0.25) is 4.90 Å². The predicted molar refractivity (Wildman–Crippen MR) is 70.7 cm³/mol. The summed E-state index contributed by atoms with van der Waals surface area (Å²) in [5, 5.41) is 0. The van der Waals surface area contributed by atoms with E-state index in [2.05, 4.69) is 11.8 Å². The maximum Gasteiger partial charge on any atom is 0.123 e. The summed E-state index contributed by atoms with van der Waals surface area (Å²) in [6.45, 7) is 4.84. The first-order valence-electron chi connectivity index (χ1n) is 5.87. The molecule has 1 aromatic carbocycles. The number of likely N-dealkylation sites (tertiary alicyclic amines) is 1. The number of benzene rings is 1. The average Bonchev–Trinajstić information content (AvgIpc) is 2.60. The number of halogens is 2. The Balaban J connectivity index is 0.00000144. The van der Waals surface area contributed by atoms with E-state index in [4.69, 9.17) is 5.73 Å². The molecule has 4 heteroatoms. The molecule has 96 valence electrons. The first kappa shape index (κ1) is 14.4. The molecule has 1 heterocycles. The van der Waals surface area contributed by atoms with Crippen LogP contribution in [0.3, 0.4) is 0 Å². The zero-order valence-electron chi connectivity index (χ0n) is 10.1. The molecule has 2 rings (SSSR count). The molecule has 2 unspecified atom stereocenters. The van der Waals surface area contributed by atoms with Gasteiger partial charge in [0.15, 0.2) is 0 Å². The van der Waals surface area contributed by atoms with Crippen LogP contribution in [0.25, 0.3) is 0 Å². The van der Waals surface area contributed by atoms with Crippen molar-refractivity contribution in [2.75, 3.05) is 13.1 Å². The third-order valence-electron chi connectivity index (χ3n) is 3.40. The molecule has 0 amide bonds. The number of nitrogens with two attached hydrogens (primary N) is 1. The summed E-state index contributed by atoms with van der Waals surface area (Å²) in [5.74, 6) is 0.447. The minimum atomic E-state index is -0.153. The van der Waals surface area contributed by atoms with Gasteiger partial charge in [0.05, 0.1) is 0 Å². The first-order chi connectivity index (χ1) is 7.69. The molecule has 0 aliphatic carbocycles. The highest BCUT2D eigenvalue weighted by Crippen LogP contribution is 2.24. The largest absolute Gasteiger partial charge is 0.330 e. The molecular formula is C13H20ClFN2. The second-order valence-corrected chi connectivity index (χ2v) is 4.75. The summed E-state index contributed by atoms with van der Waals surface area (Å²) in [4.78, 5) is 2.38. The van der Waals surface area contributed by atoms with Crippen molar-refractivity contribution >= 4 is 12.4 Å². The lowest BCUT2D eigenvalue weighted by Crippen LogP contribution is -2.27. The van der Waals surface area contributed by atoms with Crippen molar-refractivity contribution in [2.45, 2.75) is 25.9 Å². The summed E-state index contributed by atoms with van der Waals surface area (Å²) in [6, 6.07) is 7.40. The molecule has 0 saturated carbocycles. The van der Waals surface area contributed by atoms with E-state index in [1.165, 1.54) is 6.07 Å². The van der Waals surface area contributed by atoms with Gasteiger partial charge in [0.2, 0.25) is 0 Å². The number of hydrogen-bond donors (Lipinski definition) is 1. The fourth-order valence-electron chi connectivity index (χ4n) is 2.48. The zero-order chi connectivity index (χ0) is 11.5. The lowest BCUT2D eigenvalue weighted by atomic mass is 10.1. The van der Waals surface area contributed by atoms with Crippen LogP contribution in [-0.2, 0) is 6.54 Å². The fourth-order valence-corrected chi connectivity index (χ4v) is 2.48. The van der Waals surface area contributed by atoms with Crippen LogP contribution >= 0.6 is 12.4 Å². The Morgan fingerprint density at radius 3 is 2.82 bits per heavy atom. The van der Waals surface area contributed by atoms with E-state index in [9.17, 15) is 4.39 Å². The first-order valence-corrected chi connectivity index (χ1v) is 5.87. The van der Waals surface area contributed by atoms with Crippen LogP contribution < -0.4 is 5.73 Å².